The normalized spacial score (nSPS) is 17.8. The standard InChI is InChI=1S/C7H17NO2S/c1-4-7(2,8)5-6-11(3,9)10/h4-6,8H2,1-3H3. The SMILES string of the molecule is CCC(C)(N)CCS(C)(=O)=O. The van der Waals surface area contributed by atoms with E-state index in [4.69, 9.17) is 5.73 Å². The van der Waals surface area contributed by atoms with Gasteiger partial charge < -0.3 is 5.73 Å². The molecule has 2 N–H and O–H groups in total. The molecule has 0 aromatic heterocycles. The minimum atomic E-state index is -2.85. The Morgan fingerprint density at radius 2 is 1.91 bits per heavy atom. The highest BCUT2D eigenvalue weighted by Crippen LogP contribution is 2.10. The monoisotopic (exact) mass is 179 g/mol. The lowest BCUT2D eigenvalue weighted by Gasteiger charge is -2.21. The molecule has 11 heavy (non-hydrogen) atoms. The van der Waals surface area contributed by atoms with Crippen molar-refractivity contribution in [3.63, 3.8) is 0 Å². The molecule has 0 aromatic carbocycles. The maximum atomic E-state index is 10.7. The van der Waals surface area contributed by atoms with Gasteiger partial charge in [-0.15, -0.1) is 0 Å². The lowest BCUT2D eigenvalue weighted by atomic mass is 9.98. The van der Waals surface area contributed by atoms with Crippen LogP contribution in [-0.2, 0) is 9.84 Å². The summed E-state index contributed by atoms with van der Waals surface area (Å²) in [4.78, 5) is 0. The van der Waals surface area contributed by atoms with Crippen LogP contribution in [0.25, 0.3) is 0 Å². The first-order chi connectivity index (χ1) is 4.77. The lowest BCUT2D eigenvalue weighted by molar-refractivity contribution is 0.436. The summed E-state index contributed by atoms with van der Waals surface area (Å²) in [7, 11) is -2.85. The highest BCUT2D eigenvalue weighted by Gasteiger charge is 2.17. The maximum absolute atomic E-state index is 10.7. The topological polar surface area (TPSA) is 60.2 Å². The van der Waals surface area contributed by atoms with Crippen molar-refractivity contribution in [2.75, 3.05) is 12.0 Å². The first kappa shape index (κ1) is 10.9. The molecule has 0 rings (SSSR count). The largest absolute Gasteiger partial charge is 0.325 e. The zero-order valence-corrected chi connectivity index (χ0v) is 8.24. The van der Waals surface area contributed by atoms with Crippen molar-refractivity contribution in [2.45, 2.75) is 32.2 Å². The molecular formula is C7H17NO2S. The first-order valence-corrected chi connectivity index (χ1v) is 5.79. The molecule has 1 unspecified atom stereocenters. The molecule has 0 amide bonds. The van der Waals surface area contributed by atoms with Gasteiger partial charge in [0.05, 0.1) is 5.75 Å². The summed E-state index contributed by atoms with van der Waals surface area (Å²) in [5, 5.41) is 0. The maximum Gasteiger partial charge on any atom is 0.147 e. The second-order valence-corrected chi connectivity index (χ2v) is 5.65. The smallest absolute Gasteiger partial charge is 0.147 e. The summed E-state index contributed by atoms with van der Waals surface area (Å²) in [6.07, 6.45) is 2.59. The molecule has 68 valence electrons. The van der Waals surface area contributed by atoms with Crippen LogP contribution in [0.2, 0.25) is 0 Å². The summed E-state index contributed by atoms with van der Waals surface area (Å²) < 4.78 is 21.5. The molecular weight excluding hydrogens is 162 g/mol. The fraction of sp³-hybridized carbons (Fsp3) is 1.00. The van der Waals surface area contributed by atoms with Crippen molar-refractivity contribution < 1.29 is 8.42 Å². The van der Waals surface area contributed by atoms with Crippen LogP contribution in [0, 0.1) is 0 Å². The summed E-state index contributed by atoms with van der Waals surface area (Å²) in [6, 6.07) is 0. The highest BCUT2D eigenvalue weighted by molar-refractivity contribution is 7.90. The van der Waals surface area contributed by atoms with Crippen molar-refractivity contribution in [3.8, 4) is 0 Å². The van der Waals surface area contributed by atoms with E-state index in [1.807, 2.05) is 13.8 Å². The van der Waals surface area contributed by atoms with Gasteiger partial charge in [0, 0.05) is 11.8 Å². The minimum Gasteiger partial charge on any atom is -0.325 e. The quantitative estimate of drug-likeness (QED) is 0.685. The second-order valence-electron chi connectivity index (χ2n) is 3.39. The molecule has 0 radical (unpaired) electrons. The third-order valence-corrected chi connectivity index (χ3v) is 2.80. The second kappa shape index (κ2) is 3.54. The summed E-state index contributed by atoms with van der Waals surface area (Å²) in [5.41, 5.74) is 5.43. The Hall–Kier alpha value is -0.0900. The van der Waals surface area contributed by atoms with Crippen LogP contribution in [0.15, 0.2) is 0 Å². The average Bonchev–Trinajstić information content (AvgIpc) is 1.83. The molecule has 0 fully saturated rings. The molecule has 0 aliphatic heterocycles. The molecule has 4 heteroatoms. The number of rotatable bonds is 4. The molecule has 0 saturated heterocycles. The number of nitrogens with two attached hydrogens (primary N) is 1. The van der Waals surface area contributed by atoms with Crippen molar-refractivity contribution in [2.24, 2.45) is 5.73 Å². The fourth-order valence-electron chi connectivity index (χ4n) is 0.595. The Morgan fingerprint density at radius 1 is 1.45 bits per heavy atom. The van der Waals surface area contributed by atoms with Gasteiger partial charge in [0.2, 0.25) is 0 Å². The molecule has 0 aliphatic rings. The van der Waals surface area contributed by atoms with E-state index in [9.17, 15) is 8.42 Å². The van der Waals surface area contributed by atoms with Gasteiger partial charge in [-0.25, -0.2) is 8.42 Å². The zero-order chi connectivity index (χ0) is 9.12. The van der Waals surface area contributed by atoms with E-state index in [1.54, 1.807) is 0 Å². The van der Waals surface area contributed by atoms with Gasteiger partial charge in [-0.1, -0.05) is 6.92 Å². The van der Waals surface area contributed by atoms with Gasteiger partial charge in [0.15, 0.2) is 0 Å². The summed E-state index contributed by atoms with van der Waals surface area (Å²) in [6.45, 7) is 3.83. The summed E-state index contributed by atoms with van der Waals surface area (Å²) in [5.74, 6) is 0.188. The minimum absolute atomic E-state index is 0.188. The lowest BCUT2D eigenvalue weighted by Crippen LogP contribution is -2.37. The van der Waals surface area contributed by atoms with Crippen LogP contribution >= 0.6 is 0 Å². The molecule has 0 aromatic rings. The third-order valence-electron chi connectivity index (χ3n) is 1.85. The molecule has 0 aliphatic carbocycles. The van der Waals surface area contributed by atoms with Gasteiger partial charge in [-0.2, -0.15) is 0 Å². The van der Waals surface area contributed by atoms with E-state index >= 15 is 0 Å². The van der Waals surface area contributed by atoms with E-state index in [1.165, 1.54) is 6.26 Å². The van der Waals surface area contributed by atoms with Crippen molar-refractivity contribution >= 4 is 9.84 Å². The van der Waals surface area contributed by atoms with Gasteiger partial charge in [-0.05, 0) is 19.8 Å². The van der Waals surface area contributed by atoms with Crippen LogP contribution in [-0.4, -0.2) is 26.0 Å². The van der Waals surface area contributed by atoms with Gasteiger partial charge in [0.25, 0.3) is 0 Å². The zero-order valence-electron chi connectivity index (χ0n) is 7.42. The van der Waals surface area contributed by atoms with Crippen molar-refractivity contribution in [3.05, 3.63) is 0 Å². The van der Waals surface area contributed by atoms with E-state index in [0.29, 0.717) is 6.42 Å². The Kier molecular flexibility index (Phi) is 3.51. The Labute approximate surface area is 68.9 Å². The van der Waals surface area contributed by atoms with Gasteiger partial charge in [0.1, 0.15) is 9.84 Å². The first-order valence-electron chi connectivity index (χ1n) is 3.73. The van der Waals surface area contributed by atoms with E-state index in [2.05, 4.69) is 0 Å². The van der Waals surface area contributed by atoms with Crippen LogP contribution in [0.3, 0.4) is 0 Å². The highest BCUT2D eigenvalue weighted by atomic mass is 32.2. The molecule has 0 saturated carbocycles. The predicted octanol–water partition coefficient (Wildman–Crippen LogP) is 0.549. The Balaban J connectivity index is 3.90. The van der Waals surface area contributed by atoms with Crippen LogP contribution in [0.4, 0.5) is 0 Å². The van der Waals surface area contributed by atoms with Gasteiger partial charge in [-0.3, -0.25) is 0 Å². The molecule has 1 atom stereocenters. The molecule has 3 nitrogen and oxygen atoms in total. The van der Waals surface area contributed by atoms with Crippen LogP contribution < -0.4 is 5.73 Å². The van der Waals surface area contributed by atoms with Gasteiger partial charge >= 0.3 is 0 Å². The summed E-state index contributed by atoms with van der Waals surface area (Å²) >= 11 is 0. The van der Waals surface area contributed by atoms with Crippen molar-refractivity contribution in [1.29, 1.82) is 0 Å². The third kappa shape index (κ3) is 6.31. The molecule has 0 spiro atoms. The Bertz CT molecular complexity index is 206. The van der Waals surface area contributed by atoms with E-state index in [-0.39, 0.29) is 11.3 Å². The number of hydrogen-bond donors (Lipinski definition) is 1. The fourth-order valence-corrected chi connectivity index (χ4v) is 1.43. The molecule has 0 heterocycles. The van der Waals surface area contributed by atoms with E-state index < -0.39 is 9.84 Å². The van der Waals surface area contributed by atoms with E-state index in [0.717, 1.165) is 6.42 Å². The van der Waals surface area contributed by atoms with Crippen molar-refractivity contribution in [1.82, 2.24) is 0 Å². The average molecular weight is 179 g/mol. The predicted molar refractivity (Wildman–Crippen MR) is 47.2 cm³/mol. The van der Waals surface area contributed by atoms with Crippen LogP contribution in [0.5, 0.6) is 0 Å². The number of sulfone groups is 1. The molecule has 0 bridgehead atoms. The Morgan fingerprint density at radius 3 is 2.18 bits per heavy atom. The number of hydrogen-bond acceptors (Lipinski definition) is 3. The van der Waals surface area contributed by atoms with Crippen LogP contribution in [0.1, 0.15) is 26.7 Å².